The number of cyclic esters (lactones) is 4. The summed E-state index contributed by atoms with van der Waals surface area (Å²) in [6, 6.07) is 0. The van der Waals surface area contributed by atoms with Crippen molar-refractivity contribution >= 4 is 142 Å². The van der Waals surface area contributed by atoms with E-state index in [2.05, 4.69) is 42.2 Å². The first-order chi connectivity index (χ1) is 42.2. The summed E-state index contributed by atoms with van der Waals surface area (Å²) < 4.78 is 7.68. The van der Waals surface area contributed by atoms with Gasteiger partial charge in [-0.05, 0) is 62.8 Å². The van der Waals surface area contributed by atoms with Gasteiger partial charge in [0.1, 0.15) is 0 Å². The Morgan fingerprint density at radius 2 is 0.547 bits per heavy atom. The van der Waals surface area contributed by atoms with E-state index in [4.69, 9.17) is 40.9 Å². The van der Waals surface area contributed by atoms with Crippen LogP contribution in [0.2, 0.25) is 0 Å². The molecule has 20 N–H and O–H groups in total. The maximum Gasteiger partial charge on any atom is 0.357 e. The van der Waals surface area contributed by atoms with E-state index in [1.165, 1.54) is 35.2 Å². The zero-order chi connectivity index (χ0) is 73.3. The van der Waals surface area contributed by atoms with Crippen molar-refractivity contribution in [2.24, 2.45) is 44.0 Å². The van der Waals surface area contributed by atoms with Crippen LogP contribution in [0.25, 0.3) is 0 Å². The molecule has 0 aromatic heterocycles. The molecule has 0 aliphatic carbocycles. The summed E-state index contributed by atoms with van der Waals surface area (Å²) in [6.07, 6.45) is 0. The van der Waals surface area contributed by atoms with Crippen molar-refractivity contribution in [3.8, 4) is 0 Å². The molecule has 4 rings (SSSR count). The summed E-state index contributed by atoms with van der Waals surface area (Å²) in [5.41, 5.74) is -7.30. The molecule has 4 aliphatic heterocycles. The standard InChI is InChI=1S/4C8H12N2O6.C8H8N2O4.C5O6.CH6N2.3CH4/c4*1-4(11)8(6(13)14,7(15)16)5(12)10-3-9-2;1-3-10-6(13)8(7(10)14)4(11)9(2)5(8)12;6-1-5(2(7)10-1)3(8)11-4(5)9;2-1-3;;;/h4*9H,3H2,1-2H3,(H,10,12)(H,13,14)(H,15,16);3H2,1-2H3;;1-3H2;3*1H4. The van der Waals surface area contributed by atoms with E-state index in [1.54, 1.807) is 6.92 Å². The lowest BCUT2D eigenvalue weighted by Gasteiger charge is -2.51. The Bertz CT molecular complexity index is 2610. The minimum atomic E-state index is -3.09. The minimum absolute atomic E-state index is 0. The van der Waals surface area contributed by atoms with Crippen LogP contribution in [0.1, 0.15) is 56.9 Å². The Balaban J connectivity index is -0.000000247. The quantitative estimate of drug-likeness (QED) is 0.0175. The third kappa shape index (κ3) is 17.6. The molecule has 95 heavy (non-hydrogen) atoms. The van der Waals surface area contributed by atoms with Gasteiger partial charge in [-0.1, -0.05) is 22.3 Å². The molecule has 0 bridgehead atoms. The van der Waals surface area contributed by atoms with Crippen molar-refractivity contribution in [2.75, 3.05) is 75.1 Å². The van der Waals surface area contributed by atoms with Crippen LogP contribution in [0.4, 0.5) is 0 Å². The summed E-state index contributed by atoms with van der Waals surface area (Å²) in [6.45, 7) is 4.43. The number of β-lactam (4-membered cyclic amide) rings is 4. The number of ether oxygens (including phenoxy) is 2. The Morgan fingerprint density at radius 1 is 0.379 bits per heavy atom. The van der Waals surface area contributed by atoms with Gasteiger partial charge < -0.3 is 104 Å². The van der Waals surface area contributed by atoms with Crippen molar-refractivity contribution < 1.29 is 165 Å². The lowest BCUT2D eigenvalue weighted by atomic mass is 9.69. The summed E-state index contributed by atoms with van der Waals surface area (Å²) in [4.78, 5) is 266. The maximum atomic E-state index is 11.4. The van der Waals surface area contributed by atoms with Crippen LogP contribution in [-0.2, 0) is 125 Å². The van der Waals surface area contributed by atoms with Crippen LogP contribution in [0.3, 0.4) is 0 Å². The minimum Gasteiger partial charge on any atom is -0.480 e. The van der Waals surface area contributed by atoms with Crippen molar-refractivity contribution in [1.82, 2.24) is 52.3 Å². The largest absolute Gasteiger partial charge is 0.480 e. The van der Waals surface area contributed by atoms with Crippen molar-refractivity contribution in [2.45, 2.75) is 56.9 Å². The number of carboxylic acid groups (broad SMARTS) is 8. The van der Waals surface area contributed by atoms with E-state index >= 15 is 0 Å². The molecule has 0 aromatic carbocycles. The molecule has 46 nitrogen and oxygen atoms in total. The van der Waals surface area contributed by atoms with E-state index in [0.717, 1.165) is 37.5 Å². The number of carbonyl (C=O) groups excluding carboxylic acids is 16. The monoisotopic (exact) mass is 1370 g/mol. The molecule has 8 amide bonds. The predicted octanol–water partition coefficient (Wildman–Crippen LogP) is -10.6. The van der Waals surface area contributed by atoms with Gasteiger partial charge in [0.05, 0.1) is 26.7 Å². The number of hydrogen-bond donors (Lipinski definition) is 18. The highest BCUT2D eigenvalue weighted by Gasteiger charge is 2.80. The first-order valence-electron chi connectivity index (χ1n) is 24.5. The number of carbonyl (C=O) groups is 24. The number of nitrogens with two attached hydrogens (primary N) is 2. The van der Waals surface area contributed by atoms with E-state index in [9.17, 15) is 115 Å². The zero-order valence-electron chi connectivity index (χ0n) is 49.5. The van der Waals surface area contributed by atoms with Crippen molar-refractivity contribution in [3.05, 3.63) is 0 Å². The highest BCUT2D eigenvalue weighted by Crippen LogP contribution is 2.44. The van der Waals surface area contributed by atoms with Crippen LogP contribution in [0.5, 0.6) is 0 Å². The number of ketones is 4. The normalized spacial score (nSPS) is 13.9. The molecule has 46 heteroatoms. The third-order valence-electron chi connectivity index (χ3n) is 12.0. The molecular weight excluding hydrogens is 1300 g/mol. The van der Waals surface area contributed by atoms with E-state index < -0.39 is 175 Å². The number of imide groups is 2. The van der Waals surface area contributed by atoms with Gasteiger partial charge in [0.2, 0.25) is 0 Å². The first-order valence-corrected chi connectivity index (χ1v) is 24.5. The molecule has 0 atom stereocenters. The molecule has 534 valence electrons. The van der Waals surface area contributed by atoms with Crippen LogP contribution < -0.4 is 54.0 Å². The second-order valence-electron chi connectivity index (χ2n) is 17.4. The van der Waals surface area contributed by atoms with Gasteiger partial charge in [0.25, 0.3) is 74.3 Å². The Labute approximate surface area is 534 Å². The topological polar surface area (TPSA) is 745 Å². The number of nitrogens with one attached hydrogen (secondary N) is 8. The van der Waals surface area contributed by atoms with E-state index in [-0.39, 0.29) is 62.2 Å². The molecule has 4 fully saturated rings. The second kappa shape index (κ2) is 39.1. The molecule has 0 saturated carbocycles. The second-order valence-corrected chi connectivity index (χ2v) is 17.4. The summed E-state index contributed by atoms with van der Waals surface area (Å²) >= 11 is 0. The Kier molecular flexibility index (Phi) is 39.0. The van der Waals surface area contributed by atoms with E-state index in [0.29, 0.717) is 0 Å². The smallest absolute Gasteiger partial charge is 0.357 e. The lowest BCUT2D eigenvalue weighted by molar-refractivity contribution is -0.224. The lowest BCUT2D eigenvalue weighted by Crippen LogP contribution is -2.83. The molecule has 4 aliphatic rings. The molecule has 4 heterocycles. The summed E-state index contributed by atoms with van der Waals surface area (Å²) in [7, 11) is 7.08. The number of nitrogens with zero attached hydrogens (tertiary/aromatic N) is 2. The number of aliphatic carboxylic acids is 8. The fourth-order valence-corrected chi connectivity index (χ4v) is 6.90. The van der Waals surface area contributed by atoms with Crippen molar-refractivity contribution in [1.29, 1.82) is 0 Å². The third-order valence-corrected chi connectivity index (χ3v) is 12.0. The zero-order valence-corrected chi connectivity index (χ0v) is 49.5. The molecule has 0 unspecified atom stereocenters. The van der Waals surface area contributed by atoms with Crippen LogP contribution >= 0.6 is 0 Å². The average Bonchev–Trinajstić information content (AvgIpc) is 0.683. The Hall–Kier alpha value is -11.4. The van der Waals surface area contributed by atoms with Crippen molar-refractivity contribution in [3.63, 3.8) is 0 Å². The number of rotatable bonds is 25. The highest BCUT2D eigenvalue weighted by molar-refractivity contribution is 6.52. The molecule has 2 spiro atoms. The summed E-state index contributed by atoms with van der Waals surface area (Å²) in [5.74, 6) is -34.0. The molecule has 4 saturated heterocycles. The maximum absolute atomic E-state index is 11.4. The number of hydrogen-bond acceptors (Lipinski definition) is 32. The fourth-order valence-electron chi connectivity index (χ4n) is 6.90. The van der Waals surface area contributed by atoms with Gasteiger partial charge >= 0.3 is 77.0 Å². The van der Waals surface area contributed by atoms with Gasteiger partial charge in [-0.15, -0.1) is 0 Å². The number of amides is 8. The number of likely N-dealkylation sites (tertiary alicyclic amines) is 2. The van der Waals surface area contributed by atoms with Crippen LogP contribution in [-0.4, -0.2) is 268 Å². The highest BCUT2D eigenvalue weighted by atomic mass is 16.7. The Morgan fingerprint density at radius 3 is 0.653 bits per heavy atom. The average molecular weight is 1380 g/mol. The molecule has 0 aromatic rings. The number of esters is 4. The number of Topliss-reactive ketones (excluding diaryl/α,β-unsaturated/α-hetero) is 4. The van der Waals surface area contributed by atoms with Gasteiger partial charge in [-0.2, -0.15) is 0 Å². The SMILES string of the molecule is C.C.C.CCN1C(=O)C2(C(=O)N(C)C2=O)C1=O.CNCNC(=O)C(C(C)=O)(C(=O)O)C(=O)O.CNCNC(=O)C(C(C)=O)(C(=O)O)C(=O)O.CNCNC(=O)C(C(C)=O)(C(=O)O)C(=O)O.CNCNC(=O)C(C(C)=O)(C(=O)O)C(=O)O.NCN.O=C1OC(=O)C12C(=O)OC2=O. The van der Waals surface area contributed by atoms with Gasteiger partial charge in [0, 0.05) is 20.3 Å². The van der Waals surface area contributed by atoms with Gasteiger partial charge in [-0.25, -0.2) is 57.5 Å². The molecular formula is C49H74N12O34. The predicted molar refractivity (Wildman–Crippen MR) is 302 cm³/mol. The van der Waals surface area contributed by atoms with Crippen LogP contribution in [0, 0.1) is 32.5 Å². The molecule has 0 radical (unpaired) electrons. The van der Waals surface area contributed by atoms with E-state index in [1.807, 2.05) is 21.3 Å². The van der Waals surface area contributed by atoms with Gasteiger partial charge in [0.15, 0.2) is 23.1 Å². The van der Waals surface area contributed by atoms with Crippen LogP contribution in [0.15, 0.2) is 0 Å². The summed E-state index contributed by atoms with van der Waals surface area (Å²) in [5, 5.41) is 87.8. The fraction of sp³-hybridized carbons (Fsp3) is 0.510. The number of carboxylic acids is 8. The first kappa shape index (κ1) is 94.8. The van der Waals surface area contributed by atoms with Gasteiger partial charge in [-0.3, -0.25) is 67.3 Å².